The summed E-state index contributed by atoms with van der Waals surface area (Å²) in [5, 5.41) is 0. The number of carbonyl (C=O) groups excluding carboxylic acids is 1. The van der Waals surface area contributed by atoms with Crippen molar-refractivity contribution in [2.45, 2.75) is 78.0 Å². The molecule has 1 aliphatic heterocycles. The van der Waals surface area contributed by atoms with Crippen LogP contribution < -0.4 is 0 Å². The molecule has 2 aliphatic carbocycles. The van der Waals surface area contributed by atoms with Crippen molar-refractivity contribution >= 4 is 5.78 Å². The van der Waals surface area contributed by atoms with Gasteiger partial charge in [0.25, 0.3) is 0 Å². The number of ether oxygens (including phenoxy) is 4. The first-order valence-electron chi connectivity index (χ1n) is 10.4. The Labute approximate surface area is 169 Å². The quantitative estimate of drug-likeness (QED) is 0.517. The highest BCUT2D eigenvalue weighted by Gasteiger charge is 2.51. The average Bonchev–Trinajstić information content (AvgIpc) is 3.11. The van der Waals surface area contributed by atoms with Crippen LogP contribution in [0.5, 0.6) is 0 Å². The highest BCUT2D eigenvalue weighted by molar-refractivity contribution is 5.86. The van der Waals surface area contributed by atoms with Crippen molar-refractivity contribution in [3.8, 4) is 0 Å². The van der Waals surface area contributed by atoms with Crippen LogP contribution in [0.15, 0.2) is 24.3 Å². The summed E-state index contributed by atoms with van der Waals surface area (Å²) in [6, 6.07) is 0. The minimum absolute atomic E-state index is 0.00794. The van der Waals surface area contributed by atoms with Gasteiger partial charge in [-0.1, -0.05) is 38.5 Å². The van der Waals surface area contributed by atoms with Gasteiger partial charge in [0.05, 0.1) is 6.10 Å². The monoisotopic (exact) mass is 392 g/mol. The molecule has 158 valence electrons. The lowest BCUT2D eigenvalue weighted by atomic mass is 9.73. The molecule has 28 heavy (non-hydrogen) atoms. The number of carbonyl (C=O) groups is 1. The molecular formula is C23H36O5. The van der Waals surface area contributed by atoms with Crippen LogP contribution in [0, 0.1) is 23.2 Å². The van der Waals surface area contributed by atoms with Crippen molar-refractivity contribution in [2.24, 2.45) is 23.2 Å². The third kappa shape index (κ3) is 3.87. The first-order valence-corrected chi connectivity index (χ1v) is 10.4. The van der Waals surface area contributed by atoms with E-state index in [1.54, 1.807) is 13.2 Å². The third-order valence-electron chi connectivity index (χ3n) is 7.04. The second-order valence-electron chi connectivity index (χ2n) is 9.48. The fourth-order valence-corrected chi connectivity index (χ4v) is 5.37. The van der Waals surface area contributed by atoms with Crippen LogP contribution in [-0.4, -0.2) is 43.8 Å². The molecule has 0 aromatic carbocycles. The molecule has 0 aromatic rings. The van der Waals surface area contributed by atoms with Gasteiger partial charge in [0.1, 0.15) is 19.0 Å². The molecule has 1 saturated heterocycles. The van der Waals surface area contributed by atoms with Crippen molar-refractivity contribution in [3.05, 3.63) is 24.3 Å². The molecule has 3 aliphatic rings. The lowest BCUT2D eigenvalue weighted by Gasteiger charge is -2.35. The molecule has 5 heteroatoms. The van der Waals surface area contributed by atoms with Crippen LogP contribution in [0.25, 0.3) is 0 Å². The van der Waals surface area contributed by atoms with Crippen molar-refractivity contribution < 1.29 is 23.7 Å². The van der Waals surface area contributed by atoms with Crippen LogP contribution in [0.2, 0.25) is 0 Å². The van der Waals surface area contributed by atoms with E-state index in [9.17, 15) is 4.79 Å². The minimum Gasteiger partial charge on any atom is -0.359 e. The fourth-order valence-electron chi connectivity index (χ4n) is 5.37. The Hall–Kier alpha value is -1.01. The predicted molar refractivity (Wildman–Crippen MR) is 108 cm³/mol. The first-order chi connectivity index (χ1) is 13.1. The summed E-state index contributed by atoms with van der Waals surface area (Å²) in [6.07, 6.45) is 6.04. The Morgan fingerprint density at radius 1 is 1.29 bits per heavy atom. The van der Waals surface area contributed by atoms with Gasteiger partial charge in [0.15, 0.2) is 11.6 Å². The van der Waals surface area contributed by atoms with Crippen molar-refractivity contribution in [1.82, 2.24) is 0 Å². The van der Waals surface area contributed by atoms with Gasteiger partial charge in [0, 0.05) is 24.9 Å². The minimum atomic E-state index is -0.678. The van der Waals surface area contributed by atoms with E-state index in [2.05, 4.69) is 26.5 Å². The number of fused-ring (bicyclic) bond motifs is 2. The maximum atomic E-state index is 13.6. The van der Waals surface area contributed by atoms with Gasteiger partial charge < -0.3 is 18.9 Å². The van der Waals surface area contributed by atoms with E-state index in [1.807, 2.05) is 20.8 Å². The maximum absolute atomic E-state index is 13.6. The number of ketones is 1. The van der Waals surface area contributed by atoms with Crippen LogP contribution in [-0.2, 0) is 23.7 Å². The van der Waals surface area contributed by atoms with Crippen molar-refractivity contribution in [1.29, 1.82) is 0 Å². The molecule has 0 spiro atoms. The SMILES string of the molecule is C=C[C@H]1OC(C)(C)O[C@H]1C1C/C=C2\CCC(C(OCOC)C(=O)C1C)C2(C)C. The second kappa shape index (κ2) is 8.02. The van der Waals surface area contributed by atoms with Crippen molar-refractivity contribution in [2.75, 3.05) is 13.9 Å². The summed E-state index contributed by atoms with van der Waals surface area (Å²) in [5.41, 5.74) is 1.36. The molecule has 3 rings (SSSR count). The highest BCUT2D eigenvalue weighted by atomic mass is 16.8. The smallest absolute Gasteiger partial charge is 0.165 e. The highest BCUT2D eigenvalue weighted by Crippen LogP contribution is 2.52. The summed E-state index contributed by atoms with van der Waals surface area (Å²) in [7, 11) is 1.59. The van der Waals surface area contributed by atoms with E-state index >= 15 is 0 Å². The molecule has 5 nitrogen and oxygen atoms in total. The normalized spacial score (nSPS) is 41.6. The summed E-state index contributed by atoms with van der Waals surface area (Å²) in [5.74, 6) is -0.572. The Balaban J connectivity index is 1.98. The molecular weight excluding hydrogens is 356 g/mol. The third-order valence-corrected chi connectivity index (χ3v) is 7.04. The van der Waals surface area contributed by atoms with Gasteiger partial charge >= 0.3 is 0 Å². The molecule has 0 N–H and O–H groups in total. The zero-order valence-electron chi connectivity index (χ0n) is 18.2. The van der Waals surface area contributed by atoms with E-state index in [-0.39, 0.29) is 48.0 Å². The molecule has 0 amide bonds. The van der Waals surface area contributed by atoms with Gasteiger partial charge in [0.2, 0.25) is 0 Å². The second-order valence-corrected chi connectivity index (χ2v) is 9.48. The van der Waals surface area contributed by atoms with Crippen LogP contribution in [0.1, 0.15) is 53.9 Å². The Morgan fingerprint density at radius 3 is 2.64 bits per heavy atom. The van der Waals surface area contributed by atoms with Gasteiger partial charge in [-0.2, -0.15) is 0 Å². The van der Waals surface area contributed by atoms with Crippen LogP contribution in [0.4, 0.5) is 0 Å². The molecule has 1 heterocycles. The number of Topliss-reactive ketones (excluding diaryl/α,β-unsaturated/α-hetero) is 1. The summed E-state index contributed by atoms with van der Waals surface area (Å²) >= 11 is 0. The lowest BCUT2D eigenvalue weighted by molar-refractivity contribution is -0.161. The fraction of sp³-hybridized carbons (Fsp3) is 0.783. The summed E-state index contributed by atoms with van der Waals surface area (Å²) < 4.78 is 23.4. The molecule has 2 fully saturated rings. The Morgan fingerprint density at radius 2 is 2.00 bits per heavy atom. The number of hydrogen-bond donors (Lipinski definition) is 0. The number of rotatable bonds is 5. The Kier molecular flexibility index (Phi) is 6.21. The zero-order chi connectivity index (χ0) is 20.7. The van der Waals surface area contributed by atoms with E-state index in [0.717, 1.165) is 19.3 Å². The number of methoxy groups -OCH3 is 1. The van der Waals surface area contributed by atoms with E-state index in [0.29, 0.717) is 0 Å². The van der Waals surface area contributed by atoms with Gasteiger partial charge in [-0.05, 0) is 38.5 Å². The van der Waals surface area contributed by atoms with E-state index in [1.165, 1.54) is 5.57 Å². The van der Waals surface area contributed by atoms with Crippen LogP contribution >= 0.6 is 0 Å². The Bertz CT molecular complexity index is 635. The standard InChI is InChI=1S/C23H36O5/c1-8-18-20(28-23(5,6)27-18)16-11-9-15-10-12-17(22(15,3)4)21(26-13-25-7)19(24)14(16)2/h8-9,14,16-18,20-21H,1,10-13H2,2-7H3/b15-9+/t14?,16?,17?,18-,20+,21?/m1/s1. The van der Waals surface area contributed by atoms with E-state index < -0.39 is 11.9 Å². The molecule has 0 radical (unpaired) electrons. The molecule has 4 unspecified atom stereocenters. The molecule has 2 bridgehead atoms. The van der Waals surface area contributed by atoms with Crippen molar-refractivity contribution in [3.63, 3.8) is 0 Å². The maximum Gasteiger partial charge on any atom is 0.165 e. The summed E-state index contributed by atoms with van der Waals surface area (Å²) in [6.45, 7) is 14.4. The van der Waals surface area contributed by atoms with Gasteiger partial charge in [-0.3, -0.25) is 4.79 Å². The lowest BCUT2D eigenvalue weighted by Crippen LogP contribution is -2.45. The zero-order valence-corrected chi connectivity index (χ0v) is 18.2. The largest absolute Gasteiger partial charge is 0.359 e. The van der Waals surface area contributed by atoms with Crippen LogP contribution in [0.3, 0.4) is 0 Å². The van der Waals surface area contributed by atoms with Gasteiger partial charge in [-0.25, -0.2) is 0 Å². The van der Waals surface area contributed by atoms with Gasteiger partial charge in [-0.15, -0.1) is 6.58 Å². The number of hydrogen-bond acceptors (Lipinski definition) is 5. The van der Waals surface area contributed by atoms with E-state index in [4.69, 9.17) is 18.9 Å². The topological polar surface area (TPSA) is 54.0 Å². The number of allylic oxidation sites excluding steroid dienone is 2. The summed E-state index contributed by atoms with van der Waals surface area (Å²) in [4.78, 5) is 13.6. The predicted octanol–water partition coefficient (Wildman–Crippen LogP) is 4.27. The molecule has 0 aromatic heterocycles. The molecule has 1 saturated carbocycles. The first kappa shape index (κ1) is 21.7. The molecule has 6 atom stereocenters. The average molecular weight is 393 g/mol.